The third kappa shape index (κ3) is 3.56. The number of nitrogens with zero attached hydrogens (tertiary/aromatic N) is 1. The van der Waals surface area contributed by atoms with Crippen LogP contribution >= 0.6 is 0 Å². The van der Waals surface area contributed by atoms with Crippen molar-refractivity contribution in [2.75, 3.05) is 0 Å². The summed E-state index contributed by atoms with van der Waals surface area (Å²) in [5.41, 5.74) is 3.40. The Kier molecular flexibility index (Phi) is 4.11. The van der Waals surface area contributed by atoms with Gasteiger partial charge in [0.25, 0.3) is 0 Å². The van der Waals surface area contributed by atoms with E-state index in [1.54, 1.807) is 0 Å². The van der Waals surface area contributed by atoms with Crippen LogP contribution < -0.4 is 0 Å². The molecule has 0 fully saturated rings. The Hall–Kier alpha value is -1.37. The van der Waals surface area contributed by atoms with Crippen molar-refractivity contribution in [1.29, 1.82) is 0 Å². The molecule has 1 nitrogen and oxygen atoms in total. The van der Waals surface area contributed by atoms with E-state index < -0.39 is 0 Å². The van der Waals surface area contributed by atoms with Gasteiger partial charge in [-0.3, -0.25) is 4.99 Å². The first kappa shape index (κ1) is 10.7. The molecule has 0 N–H and O–H groups in total. The van der Waals surface area contributed by atoms with Crippen molar-refractivity contribution in [2.45, 2.75) is 26.7 Å². The highest BCUT2D eigenvalue weighted by molar-refractivity contribution is 5.84. The first-order valence-electron chi connectivity index (χ1n) is 4.91. The summed E-state index contributed by atoms with van der Waals surface area (Å²) in [5, 5.41) is 0. The largest absolute Gasteiger partial charge is 0.262 e. The highest BCUT2D eigenvalue weighted by atomic mass is 14.7. The molecule has 0 aromatic heterocycles. The average molecular weight is 187 g/mol. The molecule has 0 atom stereocenters. The fourth-order valence-electron chi connectivity index (χ4n) is 1.22. The molecule has 0 amide bonds. The number of aliphatic imine (C=N–C) groups is 1. The predicted molar refractivity (Wildman–Crippen MR) is 63.5 cm³/mol. The maximum atomic E-state index is 4.22. The van der Waals surface area contributed by atoms with Gasteiger partial charge < -0.3 is 0 Å². The molecule has 1 heteroatoms. The highest BCUT2D eigenvalue weighted by Crippen LogP contribution is 2.12. The molecule has 0 saturated heterocycles. The zero-order valence-electron chi connectivity index (χ0n) is 8.96. The minimum absolute atomic E-state index is 0.844. The smallest absolute Gasteiger partial charge is 0.0342 e. The monoisotopic (exact) mass is 187 g/mol. The van der Waals surface area contributed by atoms with Crippen molar-refractivity contribution in [3.8, 4) is 0 Å². The van der Waals surface area contributed by atoms with Crippen LogP contribution in [0.4, 0.5) is 0 Å². The van der Waals surface area contributed by atoms with E-state index in [4.69, 9.17) is 0 Å². The molecule has 0 heterocycles. The second kappa shape index (κ2) is 5.38. The van der Waals surface area contributed by atoms with Gasteiger partial charge in [-0.05, 0) is 32.3 Å². The van der Waals surface area contributed by atoms with E-state index in [1.165, 1.54) is 11.1 Å². The van der Waals surface area contributed by atoms with E-state index >= 15 is 0 Å². The van der Waals surface area contributed by atoms with Crippen molar-refractivity contribution in [2.24, 2.45) is 4.99 Å². The van der Waals surface area contributed by atoms with E-state index in [0.29, 0.717) is 0 Å². The van der Waals surface area contributed by atoms with Gasteiger partial charge in [0.05, 0.1) is 0 Å². The lowest BCUT2D eigenvalue weighted by atomic mass is 10.0. The molecule has 0 aromatic carbocycles. The molecule has 74 valence electrons. The summed E-state index contributed by atoms with van der Waals surface area (Å²) in [6.07, 6.45) is 12.6. The number of hydrogen-bond acceptors (Lipinski definition) is 1. The molecule has 0 aromatic rings. The van der Waals surface area contributed by atoms with Gasteiger partial charge in [0.15, 0.2) is 0 Å². The van der Waals surface area contributed by atoms with Gasteiger partial charge >= 0.3 is 0 Å². The van der Waals surface area contributed by atoms with E-state index in [1.807, 2.05) is 13.1 Å². The third-order valence-corrected chi connectivity index (χ3v) is 2.08. The Morgan fingerprint density at radius 3 is 2.93 bits per heavy atom. The SMILES string of the molecule is C=C(C)N=C/C1=C(\C)C/C=C\CC=C1. The van der Waals surface area contributed by atoms with Crippen LogP contribution in [0.15, 0.2) is 52.7 Å². The zero-order chi connectivity index (χ0) is 10.4. The minimum Gasteiger partial charge on any atom is -0.262 e. The van der Waals surface area contributed by atoms with Crippen molar-refractivity contribution >= 4 is 6.21 Å². The number of hydrogen-bond donors (Lipinski definition) is 0. The molecule has 0 aliphatic heterocycles. The Morgan fingerprint density at radius 2 is 2.21 bits per heavy atom. The molecule has 1 aliphatic rings. The molecule has 0 radical (unpaired) electrons. The zero-order valence-corrected chi connectivity index (χ0v) is 8.96. The molecular weight excluding hydrogens is 170 g/mol. The van der Waals surface area contributed by atoms with Crippen LogP contribution in [0.25, 0.3) is 0 Å². The fraction of sp³-hybridized carbons (Fsp3) is 0.308. The van der Waals surface area contributed by atoms with Crippen LogP contribution in [-0.2, 0) is 0 Å². The third-order valence-electron chi connectivity index (χ3n) is 2.08. The van der Waals surface area contributed by atoms with Crippen LogP contribution in [0, 0.1) is 0 Å². The maximum absolute atomic E-state index is 4.22. The first-order valence-corrected chi connectivity index (χ1v) is 4.91. The van der Waals surface area contributed by atoms with Crippen LogP contribution in [0.3, 0.4) is 0 Å². The van der Waals surface area contributed by atoms with Gasteiger partial charge in [-0.25, -0.2) is 0 Å². The summed E-state index contributed by atoms with van der Waals surface area (Å²) in [5.74, 6) is 0. The van der Waals surface area contributed by atoms with Gasteiger partial charge in [-0.2, -0.15) is 0 Å². The summed E-state index contributed by atoms with van der Waals surface area (Å²) >= 11 is 0. The van der Waals surface area contributed by atoms with Crippen molar-refractivity contribution in [1.82, 2.24) is 0 Å². The fourth-order valence-corrected chi connectivity index (χ4v) is 1.22. The summed E-state index contributed by atoms with van der Waals surface area (Å²) in [6.45, 7) is 7.79. The van der Waals surface area contributed by atoms with Gasteiger partial charge in [0.2, 0.25) is 0 Å². The van der Waals surface area contributed by atoms with Gasteiger partial charge in [-0.1, -0.05) is 36.5 Å². The van der Waals surface area contributed by atoms with Crippen LogP contribution in [-0.4, -0.2) is 6.21 Å². The minimum atomic E-state index is 0.844. The summed E-state index contributed by atoms with van der Waals surface area (Å²) in [6, 6.07) is 0. The van der Waals surface area contributed by atoms with Crippen LogP contribution in [0.5, 0.6) is 0 Å². The first-order chi connectivity index (χ1) is 6.70. The van der Waals surface area contributed by atoms with E-state index in [0.717, 1.165) is 18.5 Å². The molecule has 0 bridgehead atoms. The second-order valence-corrected chi connectivity index (χ2v) is 3.54. The van der Waals surface area contributed by atoms with Crippen molar-refractivity contribution < 1.29 is 0 Å². The van der Waals surface area contributed by atoms with Gasteiger partial charge in [-0.15, -0.1) is 0 Å². The highest BCUT2D eigenvalue weighted by Gasteiger charge is 1.96. The Balaban J connectivity index is 2.86. The molecular formula is C13H17N. The van der Waals surface area contributed by atoms with Crippen molar-refractivity contribution in [3.63, 3.8) is 0 Å². The molecule has 0 saturated carbocycles. The van der Waals surface area contributed by atoms with Gasteiger partial charge in [0.1, 0.15) is 0 Å². The van der Waals surface area contributed by atoms with Crippen LogP contribution in [0.2, 0.25) is 0 Å². The normalized spacial score (nSPS) is 24.7. The van der Waals surface area contributed by atoms with Crippen LogP contribution in [0.1, 0.15) is 26.7 Å². The van der Waals surface area contributed by atoms with E-state index in [2.05, 4.69) is 42.8 Å². The van der Waals surface area contributed by atoms with E-state index in [-0.39, 0.29) is 0 Å². The number of rotatable bonds is 2. The van der Waals surface area contributed by atoms with E-state index in [9.17, 15) is 0 Å². The van der Waals surface area contributed by atoms with Gasteiger partial charge in [0, 0.05) is 11.9 Å². The summed E-state index contributed by atoms with van der Waals surface area (Å²) in [7, 11) is 0. The topological polar surface area (TPSA) is 12.4 Å². The lowest BCUT2D eigenvalue weighted by Crippen LogP contribution is -1.89. The Labute approximate surface area is 86.2 Å². The molecule has 14 heavy (non-hydrogen) atoms. The Morgan fingerprint density at radius 1 is 1.43 bits per heavy atom. The molecule has 1 aliphatic carbocycles. The maximum Gasteiger partial charge on any atom is 0.0342 e. The summed E-state index contributed by atoms with van der Waals surface area (Å²) in [4.78, 5) is 4.22. The molecule has 1 rings (SSSR count). The lowest BCUT2D eigenvalue weighted by molar-refractivity contribution is 1.16. The average Bonchev–Trinajstić information content (AvgIpc) is 2.10. The number of allylic oxidation sites excluding steroid dienone is 7. The quantitative estimate of drug-likeness (QED) is 0.460. The standard InChI is InChI=1S/C13H17N/c1-11(2)14-10-13-9-7-5-4-6-8-12(13)3/h4,6-7,9-10H,1,5,8H2,2-3H3/b6-4-,9-7?,13-12+,14-10?. The molecule has 0 spiro atoms. The summed E-state index contributed by atoms with van der Waals surface area (Å²) < 4.78 is 0. The lowest BCUT2D eigenvalue weighted by Gasteiger charge is -2.03. The van der Waals surface area contributed by atoms with Crippen molar-refractivity contribution in [3.05, 3.63) is 47.7 Å². The Bertz CT molecular complexity index is 327. The predicted octanol–water partition coefficient (Wildman–Crippen LogP) is 3.81. The second-order valence-electron chi connectivity index (χ2n) is 3.54. The molecule has 0 unspecified atom stereocenters.